The van der Waals surface area contributed by atoms with Crippen LogP contribution >= 0.6 is 0 Å². The van der Waals surface area contributed by atoms with E-state index in [2.05, 4.69) is 41.5 Å². The Labute approximate surface area is 229 Å². The van der Waals surface area contributed by atoms with E-state index in [0.29, 0.717) is 42.7 Å². The molecule has 4 rings (SSSR count). The van der Waals surface area contributed by atoms with Crippen LogP contribution in [0.5, 0.6) is 0 Å². The van der Waals surface area contributed by atoms with Crippen LogP contribution in [0.4, 0.5) is 5.69 Å². The highest BCUT2D eigenvalue weighted by molar-refractivity contribution is 5.96. The van der Waals surface area contributed by atoms with Gasteiger partial charge >= 0.3 is 5.97 Å². The highest BCUT2D eigenvalue weighted by atomic mass is 16.5. The number of Topliss-reactive ketones (excluding diaryl/α,β-unsaturated/α-hetero) is 1. The molecule has 1 N–H and O–H groups in total. The highest BCUT2D eigenvalue weighted by Crippen LogP contribution is 2.31. The predicted molar refractivity (Wildman–Crippen MR) is 152 cm³/mol. The number of ketones is 1. The Morgan fingerprint density at radius 2 is 1.49 bits per heavy atom. The molecular weight excluding hydrogens is 490 g/mol. The Morgan fingerprint density at radius 3 is 2.10 bits per heavy atom. The first-order valence-electron chi connectivity index (χ1n) is 13.5. The number of anilines is 1. The number of nitrogens with one attached hydrogen (secondary N) is 1. The molecule has 0 fully saturated rings. The fraction of sp³-hybridized carbons (Fsp3) is 0.312. The second-order valence-electron chi connectivity index (χ2n) is 9.57. The zero-order valence-electron chi connectivity index (χ0n) is 22.7. The molecule has 202 valence electrons. The third-order valence-electron chi connectivity index (χ3n) is 6.79. The van der Waals surface area contributed by atoms with Crippen molar-refractivity contribution in [2.75, 3.05) is 11.9 Å². The lowest BCUT2D eigenvalue weighted by Crippen LogP contribution is -2.18. The molecule has 0 radical (unpaired) electrons. The van der Waals surface area contributed by atoms with Crippen LogP contribution in [-0.4, -0.2) is 28.6 Å². The molecule has 2 unspecified atom stereocenters. The lowest BCUT2D eigenvalue weighted by Gasteiger charge is -2.26. The summed E-state index contributed by atoms with van der Waals surface area (Å²) in [5.74, 6) is 1.11. The van der Waals surface area contributed by atoms with Gasteiger partial charge in [0.1, 0.15) is 0 Å². The van der Waals surface area contributed by atoms with Crippen LogP contribution in [0, 0.1) is 5.92 Å². The number of rotatable bonds is 13. The molecule has 2 atom stereocenters. The van der Waals surface area contributed by atoms with E-state index in [-0.39, 0.29) is 24.2 Å². The largest absolute Gasteiger partial charge is 0.466 e. The minimum atomic E-state index is -0.261. The second-order valence-corrected chi connectivity index (χ2v) is 9.57. The SMILES string of the molecule is CCOC(=O)CCCC(=O)c1ccc(NC(c2ccc(-c3nnc(-c4ccccc4)o3)cc2)C(C)CC)cc1. The Kier molecular flexibility index (Phi) is 9.62. The summed E-state index contributed by atoms with van der Waals surface area (Å²) in [7, 11) is 0. The predicted octanol–water partition coefficient (Wildman–Crippen LogP) is 7.52. The van der Waals surface area contributed by atoms with Crippen LogP contribution in [0.3, 0.4) is 0 Å². The lowest BCUT2D eigenvalue weighted by atomic mass is 9.91. The molecule has 0 amide bonds. The number of aromatic nitrogens is 2. The number of carbonyl (C=O) groups is 2. The molecule has 4 aromatic rings. The summed E-state index contributed by atoms with van der Waals surface area (Å²) in [5, 5.41) is 12.1. The van der Waals surface area contributed by atoms with E-state index in [1.165, 1.54) is 0 Å². The molecule has 0 aliphatic heterocycles. The van der Waals surface area contributed by atoms with Gasteiger partial charge in [-0.1, -0.05) is 50.6 Å². The van der Waals surface area contributed by atoms with Crippen LogP contribution in [0.25, 0.3) is 22.9 Å². The summed E-state index contributed by atoms with van der Waals surface area (Å²) in [6.45, 7) is 6.53. The molecule has 0 spiro atoms. The molecule has 0 saturated heterocycles. The van der Waals surface area contributed by atoms with Gasteiger partial charge in [0.05, 0.1) is 12.6 Å². The van der Waals surface area contributed by atoms with E-state index in [0.717, 1.165) is 28.8 Å². The molecule has 1 heterocycles. The van der Waals surface area contributed by atoms with Crippen molar-refractivity contribution in [1.82, 2.24) is 10.2 Å². The summed E-state index contributed by atoms with van der Waals surface area (Å²) in [5.41, 5.74) is 4.48. The van der Waals surface area contributed by atoms with E-state index in [1.54, 1.807) is 6.92 Å². The van der Waals surface area contributed by atoms with Crippen molar-refractivity contribution < 1.29 is 18.7 Å². The fourth-order valence-electron chi connectivity index (χ4n) is 4.36. The van der Waals surface area contributed by atoms with Crippen molar-refractivity contribution in [1.29, 1.82) is 0 Å². The monoisotopic (exact) mass is 525 g/mol. The van der Waals surface area contributed by atoms with Crippen LogP contribution in [-0.2, 0) is 9.53 Å². The van der Waals surface area contributed by atoms with Crippen molar-refractivity contribution in [2.45, 2.75) is 52.5 Å². The number of esters is 1. The van der Waals surface area contributed by atoms with Gasteiger partial charge in [-0.05, 0) is 73.4 Å². The third-order valence-corrected chi connectivity index (χ3v) is 6.79. The van der Waals surface area contributed by atoms with E-state index in [1.807, 2.05) is 66.7 Å². The van der Waals surface area contributed by atoms with Gasteiger partial charge < -0.3 is 14.5 Å². The second kappa shape index (κ2) is 13.5. The molecule has 0 aliphatic rings. The van der Waals surface area contributed by atoms with Gasteiger partial charge in [-0.15, -0.1) is 10.2 Å². The van der Waals surface area contributed by atoms with Gasteiger partial charge in [-0.2, -0.15) is 0 Å². The average molecular weight is 526 g/mol. The molecule has 7 heteroatoms. The van der Waals surface area contributed by atoms with Gasteiger partial charge in [-0.3, -0.25) is 9.59 Å². The standard InChI is InChI=1S/C32H35N3O4/c1-4-22(3)30(33-27-20-18-23(19-21-27)28(36)12-9-13-29(37)38-5-2)24-14-16-26(17-15-24)32-35-34-31(39-32)25-10-7-6-8-11-25/h6-8,10-11,14-22,30,33H,4-5,9,12-13H2,1-3H3. The molecule has 39 heavy (non-hydrogen) atoms. The summed E-state index contributed by atoms with van der Waals surface area (Å²) in [6.07, 6.45) is 2.07. The smallest absolute Gasteiger partial charge is 0.305 e. The topological polar surface area (TPSA) is 94.3 Å². The fourth-order valence-corrected chi connectivity index (χ4v) is 4.36. The zero-order chi connectivity index (χ0) is 27.6. The van der Waals surface area contributed by atoms with Crippen molar-refractivity contribution in [2.24, 2.45) is 5.92 Å². The minimum Gasteiger partial charge on any atom is -0.466 e. The zero-order valence-corrected chi connectivity index (χ0v) is 22.7. The number of nitrogens with zero attached hydrogens (tertiary/aromatic N) is 2. The van der Waals surface area contributed by atoms with Gasteiger partial charge in [0, 0.05) is 35.2 Å². The van der Waals surface area contributed by atoms with Crippen molar-refractivity contribution in [3.05, 3.63) is 90.0 Å². The first-order valence-corrected chi connectivity index (χ1v) is 13.5. The van der Waals surface area contributed by atoms with Gasteiger partial charge in [0.15, 0.2) is 5.78 Å². The molecule has 0 bridgehead atoms. The van der Waals surface area contributed by atoms with Gasteiger partial charge in [0.25, 0.3) is 0 Å². The first-order chi connectivity index (χ1) is 19.0. The number of hydrogen-bond acceptors (Lipinski definition) is 7. The number of carbonyl (C=O) groups excluding carboxylic acids is 2. The Balaban J connectivity index is 1.41. The lowest BCUT2D eigenvalue weighted by molar-refractivity contribution is -0.143. The maximum Gasteiger partial charge on any atom is 0.305 e. The van der Waals surface area contributed by atoms with Gasteiger partial charge in [0.2, 0.25) is 11.8 Å². The van der Waals surface area contributed by atoms with E-state index in [9.17, 15) is 9.59 Å². The molecule has 1 aromatic heterocycles. The molecular formula is C32H35N3O4. The molecule has 7 nitrogen and oxygen atoms in total. The molecule has 0 saturated carbocycles. The van der Waals surface area contributed by atoms with E-state index >= 15 is 0 Å². The quantitative estimate of drug-likeness (QED) is 0.142. The Hall–Kier alpha value is -4.26. The maximum atomic E-state index is 12.5. The summed E-state index contributed by atoms with van der Waals surface area (Å²) < 4.78 is 10.8. The van der Waals surface area contributed by atoms with Crippen molar-refractivity contribution in [3.8, 4) is 22.9 Å². The normalized spacial score (nSPS) is 12.5. The summed E-state index contributed by atoms with van der Waals surface area (Å²) >= 11 is 0. The Morgan fingerprint density at radius 1 is 0.846 bits per heavy atom. The first kappa shape index (κ1) is 27.8. The molecule has 3 aromatic carbocycles. The number of benzene rings is 3. The van der Waals surface area contributed by atoms with Crippen molar-refractivity contribution >= 4 is 17.4 Å². The van der Waals surface area contributed by atoms with Crippen LogP contribution in [0.15, 0.2) is 83.3 Å². The van der Waals surface area contributed by atoms with Crippen LogP contribution < -0.4 is 5.32 Å². The number of ether oxygens (including phenoxy) is 1. The third kappa shape index (κ3) is 7.41. The highest BCUT2D eigenvalue weighted by Gasteiger charge is 2.19. The number of hydrogen-bond donors (Lipinski definition) is 1. The summed E-state index contributed by atoms with van der Waals surface area (Å²) in [4.78, 5) is 24.0. The summed E-state index contributed by atoms with van der Waals surface area (Å²) in [6, 6.07) is 25.5. The average Bonchev–Trinajstić information content (AvgIpc) is 3.47. The van der Waals surface area contributed by atoms with Gasteiger partial charge in [-0.25, -0.2) is 0 Å². The molecule has 0 aliphatic carbocycles. The van der Waals surface area contributed by atoms with E-state index < -0.39 is 0 Å². The van der Waals surface area contributed by atoms with Crippen LogP contribution in [0.1, 0.15) is 68.4 Å². The maximum absolute atomic E-state index is 12.5. The van der Waals surface area contributed by atoms with Crippen LogP contribution in [0.2, 0.25) is 0 Å². The Bertz CT molecular complexity index is 1350. The van der Waals surface area contributed by atoms with E-state index in [4.69, 9.17) is 9.15 Å². The minimum absolute atomic E-state index is 0.0244. The van der Waals surface area contributed by atoms with Crippen molar-refractivity contribution in [3.63, 3.8) is 0 Å².